The average molecular weight is 304 g/mol. The van der Waals surface area contributed by atoms with Crippen LogP contribution in [0.25, 0.3) is 0 Å². The Labute approximate surface area is 119 Å². The predicted molar refractivity (Wildman–Crippen MR) is 67.9 cm³/mol. The summed E-state index contributed by atoms with van der Waals surface area (Å²) in [5, 5.41) is 0. The molecular formula is C13H15F3N2O3. The van der Waals surface area contributed by atoms with Crippen molar-refractivity contribution in [2.45, 2.75) is 25.3 Å². The molecule has 0 unspecified atom stereocenters. The van der Waals surface area contributed by atoms with Gasteiger partial charge in [-0.2, -0.15) is 0 Å². The van der Waals surface area contributed by atoms with Gasteiger partial charge >= 0.3 is 12.4 Å². The van der Waals surface area contributed by atoms with E-state index >= 15 is 0 Å². The average Bonchev–Trinajstić information content (AvgIpc) is 2.40. The number of alkyl halides is 3. The zero-order chi connectivity index (χ0) is 15.5. The molecule has 2 amide bonds. The highest BCUT2D eigenvalue weighted by molar-refractivity contribution is 5.72. The molecule has 0 bridgehead atoms. The van der Waals surface area contributed by atoms with E-state index in [-0.39, 0.29) is 17.6 Å². The second-order valence-electron chi connectivity index (χ2n) is 4.64. The molecule has 0 radical (unpaired) electrons. The van der Waals surface area contributed by atoms with Crippen LogP contribution in [-0.2, 0) is 0 Å². The number of piperidine rings is 1. The van der Waals surface area contributed by atoms with E-state index < -0.39 is 12.4 Å². The van der Waals surface area contributed by atoms with Crippen LogP contribution < -0.4 is 15.2 Å². The summed E-state index contributed by atoms with van der Waals surface area (Å²) >= 11 is 0. The van der Waals surface area contributed by atoms with Crippen molar-refractivity contribution in [1.82, 2.24) is 4.90 Å². The predicted octanol–water partition coefficient (Wildman–Crippen LogP) is 2.51. The number of hydrogen-bond donors (Lipinski definition) is 1. The van der Waals surface area contributed by atoms with Gasteiger partial charge < -0.3 is 20.1 Å². The van der Waals surface area contributed by atoms with Gasteiger partial charge in [-0.05, 0) is 12.1 Å². The van der Waals surface area contributed by atoms with Crippen molar-refractivity contribution in [3.05, 3.63) is 24.3 Å². The Morgan fingerprint density at radius 2 is 1.76 bits per heavy atom. The molecule has 0 aromatic heterocycles. The number of likely N-dealkylation sites (tertiary alicyclic amines) is 1. The van der Waals surface area contributed by atoms with E-state index in [1.54, 1.807) is 6.07 Å². The summed E-state index contributed by atoms with van der Waals surface area (Å²) in [6.45, 7) is 0.838. The van der Waals surface area contributed by atoms with E-state index in [0.29, 0.717) is 25.9 Å². The van der Waals surface area contributed by atoms with Crippen molar-refractivity contribution in [2.75, 3.05) is 13.1 Å². The minimum atomic E-state index is -4.77. The molecule has 21 heavy (non-hydrogen) atoms. The van der Waals surface area contributed by atoms with Gasteiger partial charge in [0.25, 0.3) is 0 Å². The summed E-state index contributed by atoms with van der Waals surface area (Å²) in [6, 6.07) is 5.11. The molecule has 0 spiro atoms. The lowest BCUT2D eigenvalue weighted by Gasteiger charge is -2.31. The fraction of sp³-hybridized carbons (Fsp3) is 0.462. The Morgan fingerprint density at radius 1 is 1.19 bits per heavy atom. The molecule has 1 aromatic carbocycles. The third-order valence-corrected chi connectivity index (χ3v) is 3.12. The van der Waals surface area contributed by atoms with Crippen molar-refractivity contribution in [3.8, 4) is 11.5 Å². The fourth-order valence-corrected chi connectivity index (χ4v) is 2.13. The van der Waals surface area contributed by atoms with Crippen molar-refractivity contribution in [1.29, 1.82) is 0 Å². The summed E-state index contributed by atoms with van der Waals surface area (Å²) in [5.41, 5.74) is 5.16. The molecule has 1 heterocycles. The van der Waals surface area contributed by atoms with Crippen molar-refractivity contribution < 1.29 is 27.4 Å². The molecule has 2 N–H and O–H groups in total. The van der Waals surface area contributed by atoms with Crippen LogP contribution in [-0.4, -0.2) is 36.5 Å². The summed E-state index contributed by atoms with van der Waals surface area (Å²) in [4.78, 5) is 12.5. The van der Waals surface area contributed by atoms with Crippen LogP contribution in [0.5, 0.6) is 11.5 Å². The first kappa shape index (κ1) is 15.3. The number of hydrogen-bond acceptors (Lipinski definition) is 3. The Hall–Kier alpha value is -2.12. The number of primary amides is 1. The summed E-state index contributed by atoms with van der Waals surface area (Å²) in [6.07, 6.45) is -4.04. The topological polar surface area (TPSA) is 64.8 Å². The maximum Gasteiger partial charge on any atom is 0.573 e. The highest BCUT2D eigenvalue weighted by atomic mass is 19.4. The number of halogens is 3. The van der Waals surface area contributed by atoms with Gasteiger partial charge in [0.05, 0.1) is 0 Å². The van der Waals surface area contributed by atoms with Gasteiger partial charge in [-0.3, -0.25) is 0 Å². The maximum atomic E-state index is 12.3. The van der Waals surface area contributed by atoms with Gasteiger partial charge in [-0.25, -0.2) is 4.79 Å². The normalized spacial score (nSPS) is 16.6. The molecule has 116 valence electrons. The standard InChI is InChI=1S/C13H15F3N2O3/c14-13(15,16)21-11-4-2-1-3-10(11)20-9-5-7-18(8-6-9)12(17)19/h1-4,9H,5-8H2,(H2,17,19). The highest BCUT2D eigenvalue weighted by Gasteiger charge is 2.33. The molecular weight excluding hydrogens is 289 g/mol. The molecule has 1 aliphatic rings. The number of rotatable bonds is 3. The summed E-state index contributed by atoms with van der Waals surface area (Å²) in [7, 11) is 0. The number of carbonyl (C=O) groups is 1. The highest BCUT2D eigenvalue weighted by Crippen LogP contribution is 2.33. The van der Waals surface area contributed by atoms with Crippen LogP contribution in [0.1, 0.15) is 12.8 Å². The number of carbonyl (C=O) groups excluding carboxylic acids is 1. The van der Waals surface area contributed by atoms with Crippen LogP contribution in [0.2, 0.25) is 0 Å². The molecule has 1 aromatic rings. The molecule has 0 aliphatic carbocycles. The van der Waals surface area contributed by atoms with Gasteiger partial charge in [0.15, 0.2) is 11.5 Å². The Morgan fingerprint density at radius 3 is 2.29 bits per heavy atom. The molecule has 0 saturated carbocycles. The van der Waals surface area contributed by atoms with E-state index in [0.717, 1.165) is 0 Å². The van der Waals surface area contributed by atoms with E-state index in [4.69, 9.17) is 10.5 Å². The molecule has 8 heteroatoms. The second-order valence-corrected chi connectivity index (χ2v) is 4.64. The minimum absolute atomic E-state index is 0.0346. The van der Waals surface area contributed by atoms with E-state index in [2.05, 4.69) is 4.74 Å². The molecule has 0 atom stereocenters. The quantitative estimate of drug-likeness (QED) is 0.933. The van der Waals surface area contributed by atoms with Gasteiger partial charge in [0, 0.05) is 25.9 Å². The van der Waals surface area contributed by atoms with Gasteiger partial charge in [-0.15, -0.1) is 13.2 Å². The maximum absolute atomic E-state index is 12.3. The molecule has 1 aliphatic heterocycles. The lowest BCUT2D eigenvalue weighted by molar-refractivity contribution is -0.275. The first-order valence-electron chi connectivity index (χ1n) is 6.41. The Kier molecular flexibility index (Phi) is 4.44. The number of benzene rings is 1. The summed E-state index contributed by atoms with van der Waals surface area (Å²) in [5.74, 6) is -0.338. The Balaban J connectivity index is 1.99. The number of para-hydroxylation sites is 2. The lowest BCUT2D eigenvalue weighted by atomic mass is 10.1. The number of amides is 2. The fourth-order valence-electron chi connectivity index (χ4n) is 2.13. The van der Waals surface area contributed by atoms with Crippen LogP contribution in [0.4, 0.5) is 18.0 Å². The smallest absolute Gasteiger partial charge is 0.486 e. The van der Waals surface area contributed by atoms with E-state index in [1.807, 2.05) is 0 Å². The molecule has 1 saturated heterocycles. The minimum Gasteiger partial charge on any atom is -0.486 e. The molecule has 5 nitrogen and oxygen atoms in total. The van der Waals surface area contributed by atoms with Crippen LogP contribution in [0.3, 0.4) is 0 Å². The van der Waals surface area contributed by atoms with Crippen molar-refractivity contribution >= 4 is 6.03 Å². The van der Waals surface area contributed by atoms with Gasteiger partial charge in [0.1, 0.15) is 6.10 Å². The van der Waals surface area contributed by atoms with E-state index in [1.165, 1.54) is 23.1 Å². The molecule has 2 rings (SSSR count). The van der Waals surface area contributed by atoms with E-state index in [9.17, 15) is 18.0 Å². The Bertz CT molecular complexity index is 500. The lowest BCUT2D eigenvalue weighted by Crippen LogP contribution is -2.44. The largest absolute Gasteiger partial charge is 0.573 e. The zero-order valence-corrected chi connectivity index (χ0v) is 11.1. The van der Waals surface area contributed by atoms with Crippen molar-refractivity contribution in [2.24, 2.45) is 5.73 Å². The molecule has 1 fully saturated rings. The third-order valence-electron chi connectivity index (χ3n) is 3.12. The van der Waals surface area contributed by atoms with Crippen LogP contribution in [0.15, 0.2) is 24.3 Å². The number of urea groups is 1. The number of nitrogens with zero attached hydrogens (tertiary/aromatic N) is 1. The monoisotopic (exact) mass is 304 g/mol. The van der Waals surface area contributed by atoms with Gasteiger partial charge in [0.2, 0.25) is 0 Å². The number of nitrogens with two attached hydrogens (primary N) is 1. The van der Waals surface area contributed by atoms with Crippen LogP contribution >= 0.6 is 0 Å². The third kappa shape index (κ3) is 4.44. The first-order valence-corrected chi connectivity index (χ1v) is 6.41. The van der Waals surface area contributed by atoms with Crippen molar-refractivity contribution in [3.63, 3.8) is 0 Å². The van der Waals surface area contributed by atoms with Crippen LogP contribution in [0, 0.1) is 0 Å². The summed E-state index contributed by atoms with van der Waals surface area (Å²) < 4.78 is 46.4. The SMILES string of the molecule is NC(=O)N1CCC(Oc2ccccc2OC(F)(F)F)CC1. The van der Waals surface area contributed by atoms with Gasteiger partial charge in [-0.1, -0.05) is 12.1 Å². The second kappa shape index (κ2) is 6.11. The zero-order valence-electron chi connectivity index (χ0n) is 11.1. The number of ether oxygens (including phenoxy) is 2. The first-order chi connectivity index (χ1) is 9.85.